The number of hydrogen-bond donors (Lipinski definition) is 3. The predicted molar refractivity (Wildman–Crippen MR) is 32.7 cm³/mol. The summed E-state index contributed by atoms with van der Waals surface area (Å²) in [6.07, 6.45) is -4.58. The highest BCUT2D eigenvalue weighted by Crippen LogP contribution is 1.99. The van der Waals surface area contributed by atoms with Crippen LogP contribution in [0.1, 0.15) is 0 Å². The molecule has 0 aromatic rings. The first-order valence-electron chi connectivity index (χ1n) is 2.55. The number of aliphatic imine (C=N–C) groups is 1. The quantitative estimate of drug-likeness (QED) is 0.355. The smallest absolute Gasteiger partial charge is 0.265 e. The topological polar surface area (TPSA) is 84.6 Å². The lowest BCUT2D eigenvalue weighted by Crippen LogP contribution is -2.27. The lowest BCUT2D eigenvalue weighted by Gasteiger charge is -2.04. The number of rotatable bonds is 3. The number of hydrogen-bond acceptors (Lipinski definition) is 2. The molecule has 0 rings (SSSR count). The molecular weight excluding hydrogens is 144 g/mol. The first-order valence-corrected chi connectivity index (χ1v) is 2.55. The van der Waals surface area contributed by atoms with Crippen LogP contribution in [0, 0.1) is 0 Å². The minimum absolute atomic E-state index is 0.306. The van der Waals surface area contributed by atoms with Gasteiger partial charge in [-0.2, -0.15) is 0 Å². The number of nitrogens with zero attached hydrogens (tertiary/aromatic N) is 1. The Morgan fingerprint density at radius 3 is 2.30 bits per heavy atom. The van der Waals surface area contributed by atoms with Crippen LogP contribution in [0.25, 0.3) is 0 Å². The van der Waals surface area contributed by atoms with E-state index in [-0.39, 0.29) is 5.96 Å². The summed E-state index contributed by atoms with van der Waals surface area (Å²) in [6, 6.07) is 0. The molecule has 0 aliphatic carbocycles. The van der Waals surface area contributed by atoms with E-state index in [0.717, 1.165) is 0 Å². The lowest BCUT2D eigenvalue weighted by molar-refractivity contribution is 0.00177. The lowest BCUT2D eigenvalue weighted by atomic mass is 10.4. The third-order valence-corrected chi connectivity index (χ3v) is 0.752. The van der Waals surface area contributed by atoms with Crippen molar-refractivity contribution in [3.63, 3.8) is 0 Å². The second-order valence-electron chi connectivity index (χ2n) is 1.67. The molecule has 0 bridgehead atoms. The average molecular weight is 153 g/mol. The van der Waals surface area contributed by atoms with E-state index in [1.54, 1.807) is 0 Å². The number of guanidine groups is 1. The summed E-state index contributed by atoms with van der Waals surface area (Å²) in [7, 11) is 0. The van der Waals surface area contributed by atoms with Gasteiger partial charge in [0.05, 0.1) is 6.54 Å². The van der Waals surface area contributed by atoms with Crippen molar-refractivity contribution < 1.29 is 13.9 Å². The van der Waals surface area contributed by atoms with E-state index in [1.165, 1.54) is 0 Å². The molecule has 0 spiro atoms. The number of aliphatic hydroxyl groups excluding tert-OH is 1. The molecule has 0 radical (unpaired) electrons. The zero-order valence-electron chi connectivity index (χ0n) is 5.17. The van der Waals surface area contributed by atoms with Crippen LogP contribution in [0.3, 0.4) is 0 Å². The first kappa shape index (κ1) is 9.09. The fourth-order valence-electron chi connectivity index (χ4n) is 0.279. The maximum atomic E-state index is 11.5. The van der Waals surface area contributed by atoms with Gasteiger partial charge in [0.2, 0.25) is 0 Å². The van der Waals surface area contributed by atoms with Crippen molar-refractivity contribution in [2.24, 2.45) is 16.5 Å². The largest absolute Gasteiger partial charge is 0.385 e. The molecule has 0 fully saturated rings. The van der Waals surface area contributed by atoms with Gasteiger partial charge in [-0.3, -0.25) is 4.99 Å². The van der Waals surface area contributed by atoms with Crippen molar-refractivity contribution >= 4 is 5.96 Å². The maximum absolute atomic E-state index is 11.5. The fourth-order valence-corrected chi connectivity index (χ4v) is 0.279. The van der Waals surface area contributed by atoms with Crippen LogP contribution < -0.4 is 11.5 Å². The molecule has 0 aromatic carbocycles. The minimum Gasteiger partial charge on any atom is -0.385 e. The molecular formula is C4H9F2N3O. The number of aliphatic hydroxyl groups is 1. The summed E-state index contributed by atoms with van der Waals surface area (Å²) in [5, 5.41) is 8.41. The highest BCUT2D eigenvalue weighted by Gasteiger charge is 2.15. The number of alkyl halides is 2. The van der Waals surface area contributed by atoms with E-state index in [0.29, 0.717) is 0 Å². The van der Waals surface area contributed by atoms with Crippen LogP contribution >= 0.6 is 0 Å². The normalized spacial score (nSPS) is 13.2. The Bertz CT molecular complexity index is 124. The van der Waals surface area contributed by atoms with Crippen molar-refractivity contribution in [2.75, 3.05) is 6.54 Å². The van der Waals surface area contributed by atoms with Crippen LogP contribution in [0.5, 0.6) is 0 Å². The Labute approximate surface area is 56.5 Å². The van der Waals surface area contributed by atoms with Crippen molar-refractivity contribution in [1.82, 2.24) is 0 Å². The SMILES string of the molecule is NC(N)=NCC(O)C(F)F. The number of nitrogens with two attached hydrogens (primary N) is 2. The van der Waals surface area contributed by atoms with Gasteiger partial charge in [0.25, 0.3) is 6.43 Å². The Morgan fingerprint density at radius 2 is 2.00 bits per heavy atom. The highest BCUT2D eigenvalue weighted by molar-refractivity contribution is 5.75. The van der Waals surface area contributed by atoms with Crippen LogP contribution in [-0.2, 0) is 0 Å². The molecule has 10 heavy (non-hydrogen) atoms. The molecule has 1 unspecified atom stereocenters. The molecule has 1 atom stereocenters. The van der Waals surface area contributed by atoms with E-state index >= 15 is 0 Å². The van der Waals surface area contributed by atoms with Crippen LogP contribution in [0.2, 0.25) is 0 Å². The van der Waals surface area contributed by atoms with E-state index in [4.69, 9.17) is 16.6 Å². The average Bonchev–Trinajstić information content (AvgIpc) is 1.82. The summed E-state index contributed by atoms with van der Waals surface area (Å²) in [4.78, 5) is 3.19. The monoisotopic (exact) mass is 153 g/mol. The molecule has 0 saturated carbocycles. The van der Waals surface area contributed by atoms with Crippen molar-refractivity contribution in [3.8, 4) is 0 Å². The second-order valence-corrected chi connectivity index (χ2v) is 1.67. The third kappa shape index (κ3) is 4.02. The molecule has 0 heterocycles. The Morgan fingerprint density at radius 1 is 1.50 bits per heavy atom. The van der Waals surface area contributed by atoms with Gasteiger partial charge in [-0.15, -0.1) is 0 Å². The van der Waals surface area contributed by atoms with Gasteiger partial charge in [-0.05, 0) is 0 Å². The molecule has 0 saturated heterocycles. The summed E-state index contributed by atoms with van der Waals surface area (Å²) in [5.74, 6) is -0.306. The van der Waals surface area contributed by atoms with Gasteiger partial charge in [-0.25, -0.2) is 8.78 Å². The maximum Gasteiger partial charge on any atom is 0.265 e. The van der Waals surface area contributed by atoms with E-state index in [2.05, 4.69) is 4.99 Å². The van der Waals surface area contributed by atoms with Crippen molar-refractivity contribution in [2.45, 2.75) is 12.5 Å². The van der Waals surface area contributed by atoms with Gasteiger partial charge in [0.15, 0.2) is 5.96 Å². The molecule has 4 nitrogen and oxygen atoms in total. The van der Waals surface area contributed by atoms with Crippen molar-refractivity contribution in [1.29, 1.82) is 0 Å². The van der Waals surface area contributed by atoms with Crippen LogP contribution in [0.15, 0.2) is 4.99 Å². The molecule has 0 aromatic heterocycles. The fraction of sp³-hybridized carbons (Fsp3) is 0.750. The Balaban J connectivity index is 3.59. The summed E-state index contributed by atoms with van der Waals surface area (Å²) in [6.45, 7) is -0.458. The standard InChI is InChI=1S/C4H9F2N3O/c5-3(6)2(10)1-9-4(7)8/h2-3,10H,1H2,(H4,7,8,9). The summed E-state index contributed by atoms with van der Waals surface area (Å²) in [5.41, 5.74) is 9.63. The molecule has 6 heteroatoms. The van der Waals surface area contributed by atoms with E-state index in [9.17, 15) is 8.78 Å². The zero-order valence-corrected chi connectivity index (χ0v) is 5.17. The van der Waals surface area contributed by atoms with Gasteiger partial charge in [0, 0.05) is 0 Å². The Kier molecular flexibility index (Phi) is 3.63. The highest BCUT2D eigenvalue weighted by atomic mass is 19.3. The van der Waals surface area contributed by atoms with E-state index < -0.39 is 19.1 Å². The minimum atomic E-state index is -2.80. The van der Waals surface area contributed by atoms with Gasteiger partial charge < -0.3 is 16.6 Å². The molecule has 0 aliphatic heterocycles. The predicted octanol–water partition coefficient (Wildman–Crippen LogP) is -1.11. The van der Waals surface area contributed by atoms with Gasteiger partial charge >= 0.3 is 0 Å². The molecule has 0 amide bonds. The molecule has 60 valence electrons. The van der Waals surface area contributed by atoms with Crippen molar-refractivity contribution in [3.05, 3.63) is 0 Å². The zero-order chi connectivity index (χ0) is 8.15. The molecule has 0 aliphatic rings. The number of halogens is 2. The third-order valence-electron chi connectivity index (χ3n) is 0.752. The second kappa shape index (κ2) is 3.99. The summed E-state index contributed by atoms with van der Waals surface area (Å²) < 4.78 is 23.0. The van der Waals surface area contributed by atoms with Gasteiger partial charge in [0.1, 0.15) is 6.10 Å². The van der Waals surface area contributed by atoms with E-state index in [1.807, 2.05) is 0 Å². The first-order chi connectivity index (χ1) is 4.54. The van der Waals surface area contributed by atoms with Gasteiger partial charge in [-0.1, -0.05) is 0 Å². The molecule has 5 N–H and O–H groups in total. The van der Waals surface area contributed by atoms with Crippen LogP contribution in [-0.4, -0.2) is 30.1 Å². The van der Waals surface area contributed by atoms with Crippen LogP contribution in [0.4, 0.5) is 8.78 Å². The Hall–Kier alpha value is -0.910. The summed E-state index contributed by atoms with van der Waals surface area (Å²) >= 11 is 0.